The Bertz CT molecular complexity index is 1670. The number of para-hydroxylation sites is 2. The quantitative estimate of drug-likeness (QED) is 0.230. The number of rotatable bonds is 8. The summed E-state index contributed by atoms with van der Waals surface area (Å²) in [5, 5.41) is 0. The van der Waals surface area contributed by atoms with Crippen LogP contribution in [-0.2, 0) is 25.6 Å². The van der Waals surface area contributed by atoms with Gasteiger partial charge in [0.15, 0.2) is 0 Å². The van der Waals surface area contributed by atoms with Gasteiger partial charge in [0.05, 0.1) is 11.4 Å². The van der Waals surface area contributed by atoms with E-state index < -0.39 is 0 Å². The molecule has 0 aromatic heterocycles. The molecule has 8 nitrogen and oxygen atoms in total. The van der Waals surface area contributed by atoms with Crippen LogP contribution in [0.2, 0.25) is 0 Å². The van der Waals surface area contributed by atoms with Crippen LogP contribution in [-0.4, -0.2) is 23.6 Å². The van der Waals surface area contributed by atoms with Crippen LogP contribution in [0, 0.1) is 13.8 Å². The molecule has 43 heavy (non-hydrogen) atoms. The van der Waals surface area contributed by atoms with Crippen molar-refractivity contribution in [2.75, 3.05) is 9.80 Å². The van der Waals surface area contributed by atoms with Gasteiger partial charge < -0.3 is 9.47 Å². The van der Waals surface area contributed by atoms with E-state index in [4.69, 9.17) is 9.47 Å². The SMILES string of the molecule is Cc1cccc(Cc2cccc(C)c2Oc2ccc(N3C(=O)C=CC3=O)cc2)c1Oc1ccc(N2C(=O)C=CC2=O)cc1. The van der Waals surface area contributed by atoms with E-state index in [-0.39, 0.29) is 23.6 Å². The van der Waals surface area contributed by atoms with E-state index in [1.165, 1.54) is 24.3 Å². The fourth-order valence-corrected chi connectivity index (χ4v) is 5.07. The Balaban J connectivity index is 1.23. The number of amides is 4. The molecule has 4 aromatic carbocycles. The zero-order valence-electron chi connectivity index (χ0n) is 23.4. The minimum absolute atomic E-state index is 0.374. The maximum Gasteiger partial charge on any atom is 0.258 e. The van der Waals surface area contributed by atoms with Crippen molar-refractivity contribution in [3.05, 3.63) is 131 Å². The average molecular weight is 571 g/mol. The molecule has 0 spiro atoms. The average Bonchev–Trinajstić information content (AvgIpc) is 3.52. The number of nitrogens with zero attached hydrogens (tertiary/aromatic N) is 2. The first-order valence-electron chi connectivity index (χ1n) is 13.6. The van der Waals surface area contributed by atoms with Gasteiger partial charge in [-0.25, -0.2) is 9.80 Å². The third-order valence-electron chi connectivity index (χ3n) is 7.22. The van der Waals surface area contributed by atoms with E-state index in [0.717, 1.165) is 32.1 Å². The standard InChI is InChI=1S/C35H26N2O6/c1-22-5-3-7-24(34(22)42-28-13-9-26(10-14-28)36-30(38)17-18-31(36)39)21-25-8-4-6-23(2)35(25)43-29-15-11-27(12-16-29)37-32(40)19-20-33(37)41/h3-20H,21H2,1-2H3. The molecular weight excluding hydrogens is 544 g/mol. The molecule has 212 valence electrons. The molecule has 0 saturated heterocycles. The Morgan fingerprint density at radius 1 is 0.488 bits per heavy atom. The zero-order valence-corrected chi connectivity index (χ0v) is 23.4. The molecule has 8 heteroatoms. The lowest BCUT2D eigenvalue weighted by Crippen LogP contribution is -2.29. The lowest BCUT2D eigenvalue weighted by molar-refractivity contribution is -0.121. The summed E-state index contributed by atoms with van der Waals surface area (Å²) < 4.78 is 12.7. The van der Waals surface area contributed by atoms with Crippen LogP contribution in [0.3, 0.4) is 0 Å². The van der Waals surface area contributed by atoms with Crippen molar-refractivity contribution in [2.24, 2.45) is 0 Å². The maximum atomic E-state index is 12.0. The molecule has 0 saturated carbocycles. The number of hydrogen-bond donors (Lipinski definition) is 0. The van der Waals surface area contributed by atoms with Crippen LogP contribution < -0.4 is 19.3 Å². The summed E-state index contributed by atoms with van der Waals surface area (Å²) in [6.07, 6.45) is 5.53. The topological polar surface area (TPSA) is 93.2 Å². The molecule has 4 aromatic rings. The molecular formula is C35H26N2O6. The molecule has 0 bridgehead atoms. The first-order valence-corrected chi connectivity index (χ1v) is 13.6. The van der Waals surface area contributed by atoms with Gasteiger partial charge in [-0.2, -0.15) is 0 Å². The van der Waals surface area contributed by atoms with E-state index in [1.54, 1.807) is 48.5 Å². The molecule has 0 N–H and O–H groups in total. The van der Waals surface area contributed by atoms with Gasteiger partial charge in [-0.05, 0) is 84.6 Å². The number of carbonyl (C=O) groups excluding carboxylic acids is 4. The molecule has 0 fully saturated rings. The molecule has 0 aliphatic carbocycles. The van der Waals surface area contributed by atoms with Gasteiger partial charge in [0.2, 0.25) is 0 Å². The number of aryl methyl sites for hydroxylation is 2. The largest absolute Gasteiger partial charge is 0.457 e. The molecule has 0 atom stereocenters. The summed E-state index contributed by atoms with van der Waals surface area (Å²) in [7, 11) is 0. The number of benzene rings is 4. The Morgan fingerprint density at radius 3 is 1.19 bits per heavy atom. The van der Waals surface area contributed by atoms with Crippen molar-refractivity contribution in [1.82, 2.24) is 0 Å². The summed E-state index contributed by atoms with van der Waals surface area (Å²) in [6, 6.07) is 25.5. The molecule has 2 heterocycles. The molecule has 2 aliphatic rings. The first-order chi connectivity index (χ1) is 20.8. The maximum absolute atomic E-state index is 12.0. The summed E-state index contributed by atoms with van der Waals surface area (Å²) in [5.41, 5.74) is 4.73. The smallest absolute Gasteiger partial charge is 0.258 e. The number of carbonyl (C=O) groups is 4. The third kappa shape index (κ3) is 5.46. The van der Waals surface area contributed by atoms with Crippen LogP contribution in [0.1, 0.15) is 22.3 Å². The Kier molecular flexibility index (Phi) is 7.17. The van der Waals surface area contributed by atoms with Crippen molar-refractivity contribution < 1.29 is 28.7 Å². The highest BCUT2D eigenvalue weighted by atomic mass is 16.5. The molecule has 0 radical (unpaired) electrons. The second-order valence-corrected chi connectivity index (χ2v) is 10.2. The molecule has 2 aliphatic heterocycles. The lowest BCUT2D eigenvalue weighted by atomic mass is 9.99. The predicted molar refractivity (Wildman–Crippen MR) is 161 cm³/mol. The highest BCUT2D eigenvalue weighted by Gasteiger charge is 2.26. The van der Waals surface area contributed by atoms with Gasteiger partial charge in [0, 0.05) is 30.7 Å². The number of hydrogen-bond acceptors (Lipinski definition) is 6. The van der Waals surface area contributed by atoms with Crippen LogP contribution >= 0.6 is 0 Å². The molecule has 4 amide bonds. The van der Waals surface area contributed by atoms with E-state index >= 15 is 0 Å². The van der Waals surface area contributed by atoms with E-state index in [0.29, 0.717) is 40.8 Å². The second kappa shape index (κ2) is 11.3. The van der Waals surface area contributed by atoms with Gasteiger partial charge in [0.1, 0.15) is 23.0 Å². The van der Waals surface area contributed by atoms with Crippen LogP contribution in [0.15, 0.2) is 109 Å². The molecule has 6 rings (SSSR count). The van der Waals surface area contributed by atoms with Gasteiger partial charge >= 0.3 is 0 Å². The summed E-state index contributed by atoms with van der Waals surface area (Å²) in [4.78, 5) is 50.3. The predicted octanol–water partition coefficient (Wildman–Crippen LogP) is 6.34. The molecule has 0 unspecified atom stereocenters. The van der Waals surface area contributed by atoms with E-state index in [9.17, 15) is 19.2 Å². The lowest BCUT2D eigenvalue weighted by Gasteiger charge is -2.18. The number of ether oxygens (including phenoxy) is 2. The zero-order chi connectivity index (χ0) is 30.1. The fourth-order valence-electron chi connectivity index (χ4n) is 5.07. The van der Waals surface area contributed by atoms with E-state index in [2.05, 4.69) is 0 Å². The minimum Gasteiger partial charge on any atom is -0.457 e. The summed E-state index contributed by atoms with van der Waals surface area (Å²) in [5.74, 6) is 1.05. The monoisotopic (exact) mass is 570 g/mol. The van der Waals surface area contributed by atoms with Crippen molar-refractivity contribution in [2.45, 2.75) is 20.3 Å². The summed E-state index contributed by atoms with van der Waals surface area (Å²) in [6.45, 7) is 3.95. The normalized spacial score (nSPS) is 14.3. The Morgan fingerprint density at radius 2 is 0.837 bits per heavy atom. The fraction of sp³-hybridized carbons (Fsp3) is 0.0857. The van der Waals surface area contributed by atoms with Crippen molar-refractivity contribution in [3.63, 3.8) is 0 Å². The minimum atomic E-state index is -0.374. The highest BCUT2D eigenvalue weighted by Crippen LogP contribution is 2.36. The van der Waals surface area contributed by atoms with Gasteiger partial charge in [-0.15, -0.1) is 0 Å². The highest BCUT2D eigenvalue weighted by molar-refractivity contribution is 6.28. The Labute approximate surface area is 248 Å². The number of anilines is 2. The van der Waals surface area contributed by atoms with Crippen LogP contribution in [0.4, 0.5) is 11.4 Å². The van der Waals surface area contributed by atoms with Crippen LogP contribution in [0.5, 0.6) is 23.0 Å². The van der Waals surface area contributed by atoms with Gasteiger partial charge in [-0.1, -0.05) is 36.4 Å². The third-order valence-corrected chi connectivity index (χ3v) is 7.22. The van der Waals surface area contributed by atoms with E-state index in [1.807, 2.05) is 50.2 Å². The van der Waals surface area contributed by atoms with Crippen molar-refractivity contribution >= 4 is 35.0 Å². The first kappa shape index (κ1) is 27.4. The van der Waals surface area contributed by atoms with Gasteiger partial charge in [-0.3, -0.25) is 19.2 Å². The summed E-state index contributed by atoms with van der Waals surface area (Å²) >= 11 is 0. The van der Waals surface area contributed by atoms with Crippen LogP contribution in [0.25, 0.3) is 0 Å². The number of imide groups is 2. The van der Waals surface area contributed by atoms with Gasteiger partial charge in [0.25, 0.3) is 23.6 Å². The second-order valence-electron chi connectivity index (χ2n) is 10.2. The van der Waals surface area contributed by atoms with Crippen molar-refractivity contribution in [1.29, 1.82) is 0 Å². The van der Waals surface area contributed by atoms with Crippen molar-refractivity contribution in [3.8, 4) is 23.0 Å². The Hall–Kier alpha value is -5.76.